The van der Waals surface area contributed by atoms with Gasteiger partial charge in [0.15, 0.2) is 16.6 Å². The number of ether oxygens (including phenoxy) is 2. The van der Waals surface area contributed by atoms with Crippen LogP contribution in [-0.2, 0) is 13.6 Å². The Balaban J connectivity index is 2.28. The Bertz CT molecular complexity index is 1240. The first-order valence-corrected chi connectivity index (χ1v) is 21.6. The first-order chi connectivity index (χ1) is 19.9. The Morgan fingerprint density at radius 2 is 1.55 bits per heavy atom. The molecule has 1 heterocycles. The molecule has 1 unspecified atom stereocenters. The molecule has 9 nitrogen and oxygen atoms in total. The number of carbonyl (C=O) groups is 1. The minimum atomic E-state index is -2.11. The molecule has 12 heteroatoms. The molecule has 0 saturated heterocycles. The second kappa shape index (κ2) is 14.4. The Kier molecular flexibility index (Phi) is 12.6. The molecule has 1 aromatic heterocycles. The highest BCUT2D eigenvalue weighted by atomic mass is 28.4. The zero-order valence-corrected chi connectivity index (χ0v) is 31.8. The quantitative estimate of drug-likeness (QED) is 0.247. The molecule has 2 N–H and O–H groups in total. The van der Waals surface area contributed by atoms with Gasteiger partial charge in [0.2, 0.25) is 0 Å². The summed E-state index contributed by atoms with van der Waals surface area (Å²) in [6.07, 6.45) is -0.843. The number of hydrogen-bond acceptors (Lipinski definition) is 8. The van der Waals surface area contributed by atoms with Gasteiger partial charge in [-0.2, -0.15) is 0 Å². The molecule has 2 rings (SSSR count). The van der Waals surface area contributed by atoms with Crippen LogP contribution in [0.1, 0.15) is 69.2 Å². The van der Waals surface area contributed by atoms with Gasteiger partial charge in [-0.3, -0.25) is 9.47 Å². The smallest absolute Gasteiger partial charge is 0.491 e. The maximum Gasteiger partial charge on any atom is 0.506 e. The van der Waals surface area contributed by atoms with Crippen LogP contribution in [0, 0.1) is 0 Å². The lowest BCUT2D eigenvalue weighted by atomic mass is 9.86. The van der Waals surface area contributed by atoms with E-state index in [4.69, 9.17) is 18.3 Å². The Morgan fingerprint density at radius 1 is 0.955 bits per heavy atom. The fourth-order valence-corrected chi connectivity index (χ4v) is 6.59. The van der Waals surface area contributed by atoms with Gasteiger partial charge in [-0.25, -0.2) is 4.79 Å². The van der Waals surface area contributed by atoms with Gasteiger partial charge >= 0.3 is 13.2 Å². The van der Waals surface area contributed by atoms with Crippen molar-refractivity contribution < 1.29 is 33.2 Å². The Hall–Kier alpha value is -1.67. The Labute approximate surface area is 268 Å². The lowest BCUT2D eigenvalue weighted by Gasteiger charge is -2.40. The van der Waals surface area contributed by atoms with Crippen molar-refractivity contribution in [2.75, 3.05) is 32.8 Å². The van der Waals surface area contributed by atoms with Crippen LogP contribution < -0.4 is 10.3 Å². The van der Waals surface area contributed by atoms with E-state index < -0.39 is 35.4 Å². The molecule has 0 radical (unpaired) electrons. The molecule has 2 aromatic rings. The highest BCUT2D eigenvalue weighted by Gasteiger charge is 2.40. The van der Waals surface area contributed by atoms with Gasteiger partial charge in [0.05, 0.1) is 17.2 Å². The van der Waals surface area contributed by atoms with Crippen molar-refractivity contribution in [3.8, 4) is 5.75 Å². The molecule has 0 saturated carbocycles. The van der Waals surface area contributed by atoms with Crippen molar-refractivity contribution >= 4 is 46.3 Å². The third-order valence-electron chi connectivity index (χ3n) is 8.93. The fraction of sp³-hybridized carbons (Fsp3) is 0.719. The van der Waals surface area contributed by atoms with E-state index in [0.29, 0.717) is 36.4 Å². The minimum Gasteiger partial charge on any atom is -0.491 e. The van der Waals surface area contributed by atoms with Crippen LogP contribution in [0.2, 0.25) is 36.3 Å². The van der Waals surface area contributed by atoms with Crippen molar-refractivity contribution in [2.45, 2.75) is 117 Å². The normalized spacial score (nSPS) is 14.3. The van der Waals surface area contributed by atoms with Gasteiger partial charge in [0.25, 0.3) is 0 Å². The molecule has 0 aliphatic carbocycles. The van der Waals surface area contributed by atoms with Crippen LogP contribution in [0.25, 0.3) is 10.9 Å². The maximum atomic E-state index is 12.9. The molecule has 0 amide bonds. The molecule has 44 heavy (non-hydrogen) atoms. The van der Waals surface area contributed by atoms with Crippen LogP contribution in [0.3, 0.4) is 0 Å². The molecule has 0 spiro atoms. The molecular weight excluding hydrogens is 591 g/mol. The summed E-state index contributed by atoms with van der Waals surface area (Å²) < 4.78 is 26.4. The molecular formula is C32H59BN2O7Si2. The molecule has 250 valence electrons. The van der Waals surface area contributed by atoms with Crippen LogP contribution in [0.4, 0.5) is 4.79 Å². The van der Waals surface area contributed by atoms with E-state index in [1.807, 2.05) is 0 Å². The molecule has 0 fully saturated rings. The van der Waals surface area contributed by atoms with Crippen molar-refractivity contribution in [1.82, 2.24) is 9.47 Å². The molecule has 0 aliphatic heterocycles. The van der Waals surface area contributed by atoms with Crippen molar-refractivity contribution in [2.24, 2.45) is 0 Å². The topological polar surface area (TPSA) is 103 Å². The molecule has 0 bridgehead atoms. The van der Waals surface area contributed by atoms with Gasteiger partial charge in [-0.1, -0.05) is 48.5 Å². The van der Waals surface area contributed by atoms with Gasteiger partial charge in [-0.05, 0) is 87.8 Å². The summed E-state index contributed by atoms with van der Waals surface area (Å²) >= 11 is 0. The fourth-order valence-electron chi connectivity index (χ4n) is 4.23. The van der Waals surface area contributed by atoms with E-state index in [2.05, 4.69) is 79.6 Å². The predicted octanol–water partition coefficient (Wildman–Crippen LogP) is 6.22. The number of benzene rings is 1. The van der Waals surface area contributed by atoms with E-state index >= 15 is 0 Å². The van der Waals surface area contributed by atoms with Gasteiger partial charge < -0.3 is 28.4 Å². The number of hydrogen-bond donors (Lipinski definition) is 2. The largest absolute Gasteiger partial charge is 0.506 e. The third-order valence-corrected chi connectivity index (χ3v) is 18.0. The summed E-state index contributed by atoms with van der Waals surface area (Å²) in [5.74, 6) is 0.603. The zero-order valence-electron chi connectivity index (χ0n) is 29.8. The van der Waals surface area contributed by atoms with E-state index in [9.17, 15) is 14.8 Å². The minimum absolute atomic E-state index is 0.0315. The van der Waals surface area contributed by atoms with Gasteiger partial charge in [0.1, 0.15) is 18.0 Å². The standard InChI is InChI=1S/C32H59BN2O7Si2/c1-15-34(18-19-40-43(11,12)31(5,6)7)22-26(42-44(13,14)32(8,9)10)23-39-25-16-17-27-24(20-25)21-28(33(37)38)35(27)29(36)41-30(2,3)4/h16-17,20-21,26,37-38H,15,18-19,22-23H2,1-14H3. The second-order valence-corrected chi connectivity index (χ2v) is 25.4. The SMILES string of the molecule is CCN(CCO[Si](C)(C)C(C)(C)C)CC(COc1ccc2c(c1)cc(B(O)O)n2C(=O)OC(C)(C)C)O[Si](C)(C)C(C)(C)C. The average molecular weight is 651 g/mol. The van der Waals surface area contributed by atoms with Gasteiger partial charge in [0, 0.05) is 25.1 Å². The van der Waals surface area contributed by atoms with Crippen molar-refractivity contribution in [3.05, 3.63) is 24.3 Å². The first-order valence-electron chi connectivity index (χ1n) is 15.8. The summed E-state index contributed by atoms with van der Waals surface area (Å²) in [6, 6.07) is 6.89. The van der Waals surface area contributed by atoms with Crippen LogP contribution in [-0.4, -0.2) is 93.9 Å². The highest BCUT2D eigenvalue weighted by molar-refractivity contribution is 6.74. The van der Waals surface area contributed by atoms with Crippen molar-refractivity contribution in [1.29, 1.82) is 0 Å². The number of carbonyl (C=O) groups excluding carboxylic acids is 1. The van der Waals surface area contributed by atoms with E-state index in [-0.39, 0.29) is 21.8 Å². The highest BCUT2D eigenvalue weighted by Crippen LogP contribution is 2.38. The van der Waals surface area contributed by atoms with E-state index in [0.717, 1.165) is 13.1 Å². The lowest BCUT2D eigenvalue weighted by Crippen LogP contribution is -2.49. The summed E-state index contributed by atoms with van der Waals surface area (Å²) in [5.41, 5.74) is -0.205. The van der Waals surface area contributed by atoms with Crippen LogP contribution in [0.5, 0.6) is 5.75 Å². The number of rotatable bonds is 13. The van der Waals surface area contributed by atoms with Crippen molar-refractivity contribution in [3.63, 3.8) is 0 Å². The number of aromatic nitrogens is 1. The number of likely N-dealkylation sites (N-methyl/N-ethyl adjacent to an activating group) is 1. The van der Waals surface area contributed by atoms with Gasteiger partial charge in [-0.15, -0.1) is 0 Å². The first kappa shape index (κ1) is 38.5. The summed E-state index contributed by atoms with van der Waals surface area (Å²) in [6.45, 7) is 33.4. The van der Waals surface area contributed by atoms with Crippen LogP contribution in [0.15, 0.2) is 24.3 Å². The summed E-state index contributed by atoms with van der Waals surface area (Å²) in [4.78, 5) is 15.3. The number of nitrogens with zero attached hydrogens (tertiary/aromatic N) is 2. The lowest BCUT2D eigenvalue weighted by molar-refractivity contribution is 0.0547. The summed E-state index contributed by atoms with van der Waals surface area (Å²) in [7, 11) is -5.79. The second-order valence-electron chi connectivity index (χ2n) is 15.8. The average Bonchev–Trinajstić information content (AvgIpc) is 3.23. The molecule has 1 atom stereocenters. The van der Waals surface area contributed by atoms with E-state index in [1.165, 1.54) is 4.57 Å². The third kappa shape index (κ3) is 10.4. The predicted molar refractivity (Wildman–Crippen MR) is 186 cm³/mol. The zero-order chi connectivity index (χ0) is 33.9. The summed E-state index contributed by atoms with van der Waals surface area (Å²) in [5, 5.41) is 20.8. The Morgan fingerprint density at radius 3 is 2.05 bits per heavy atom. The monoisotopic (exact) mass is 650 g/mol. The molecule has 0 aliphatic rings. The maximum absolute atomic E-state index is 12.9. The molecule has 1 aromatic carbocycles. The van der Waals surface area contributed by atoms with Crippen LogP contribution >= 0.6 is 0 Å². The number of fused-ring (bicyclic) bond motifs is 1. The van der Waals surface area contributed by atoms with E-state index in [1.54, 1.807) is 45.0 Å².